The molecule has 0 saturated carbocycles. The molecule has 0 bridgehead atoms. The SMILES string of the molecule is CCCN(C=O)CCOc1cnc(-c2ccco2)nc1. The van der Waals surface area contributed by atoms with Crippen LogP contribution >= 0.6 is 0 Å². The van der Waals surface area contributed by atoms with Crippen LogP contribution < -0.4 is 4.74 Å². The van der Waals surface area contributed by atoms with E-state index in [9.17, 15) is 4.79 Å². The molecule has 0 radical (unpaired) electrons. The smallest absolute Gasteiger partial charge is 0.209 e. The van der Waals surface area contributed by atoms with Crippen molar-refractivity contribution in [2.45, 2.75) is 13.3 Å². The first-order valence-corrected chi connectivity index (χ1v) is 6.51. The largest absolute Gasteiger partial charge is 0.489 e. The monoisotopic (exact) mass is 275 g/mol. The number of carbonyl (C=O) groups excluding carboxylic acids is 1. The molecule has 0 atom stereocenters. The van der Waals surface area contributed by atoms with E-state index in [0.717, 1.165) is 19.4 Å². The lowest BCUT2D eigenvalue weighted by atomic mass is 10.4. The van der Waals surface area contributed by atoms with E-state index >= 15 is 0 Å². The highest BCUT2D eigenvalue weighted by atomic mass is 16.5. The number of carbonyl (C=O) groups is 1. The van der Waals surface area contributed by atoms with E-state index in [1.807, 2.05) is 6.92 Å². The molecule has 2 aromatic rings. The highest BCUT2D eigenvalue weighted by Gasteiger charge is 2.05. The van der Waals surface area contributed by atoms with E-state index in [2.05, 4.69) is 9.97 Å². The fourth-order valence-electron chi connectivity index (χ4n) is 1.71. The van der Waals surface area contributed by atoms with Gasteiger partial charge in [0.25, 0.3) is 0 Å². The lowest BCUT2D eigenvalue weighted by molar-refractivity contribution is -0.118. The summed E-state index contributed by atoms with van der Waals surface area (Å²) in [7, 11) is 0. The number of furan rings is 1. The zero-order valence-electron chi connectivity index (χ0n) is 11.4. The highest BCUT2D eigenvalue weighted by Crippen LogP contribution is 2.16. The van der Waals surface area contributed by atoms with Crippen LogP contribution in [0.25, 0.3) is 11.6 Å². The number of aromatic nitrogens is 2. The van der Waals surface area contributed by atoms with Gasteiger partial charge in [-0.1, -0.05) is 6.92 Å². The molecule has 0 N–H and O–H groups in total. The maximum Gasteiger partial charge on any atom is 0.209 e. The molecular weight excluding hydrogens is 258 g/mol. The molecule has 106 valence electrons. The number of rotatable bonds is 8. The summed E-state index contributed by atoms with van der Waals surface area (Å²) in [6.07, 6.45) is 6.53. The summed E-state index contributed by atoms with van der Waals surface area (Å²) in [6, 6.07) is 3.58. The number of hydrogen-bond donors (Lipinski definition) is 0. The predicted molar refractivity (Wildman–Crippen MR) is 73.2 cm³/mol. The Morgan fingerprint density at radius 2 is 2.15 bits per heavy atom. The van der Waals surface area contributed by atoms with Crippen LogP contribution in [0.15, 0.2) is 35.2 Å². The van der Waals surface area contributed by atoms with Crippen LogP contribution in [-0.2, 0) is 4.79 Å². The Morgan fingerprint density at radius 3 is 2.75 bits per heavy atom. The third kappa shape index (κ3) is 3.81. The van der Waals surface area contributed by atoms with Gasteiger partial charge in [-0.25, -0.2) is 9.97 Å². The Labute approximate surface area is 117 Å². The maximum atomic E-state index is 10.7. The van der Waals surface area contributed by atoms with Gasteiger partial charge in [-0.2, -0.15) is 0 Å². The molecule has 0 fully saturated rings. The second-order valence-electron chi connectivity index (χ2n) is 4.21. The third-order valence-electron chi connectivity index (χ3n) is 2.68. The van der Waals surface area contributed by atoms with E-state index in [-0.39, 0.29) is 0 Å². The Bertz CT molecular complexity index is 511. The first kappa shape index (κ1) is 14.0. The highest BCUT2D eigenvalue weighted by molar-refractivity contribution is 5.47. The first-order chi connectivity index (χ1) is 9.83. The third-order valence-corrected chi connectivity index (χ3v) is 2.68. The van der Waals surface area contributed by atoms with Crippen molar-refractivity contribution >= 4 is 6.41 Å². The summed E-state index contributed by atoms with van der Waals surface area (Å²) in [6.45, 7) is 3.73. The maximum absolute atomic E-state index is 10.7. The average Bonchev–Trinajstić information content (AvgIpc) is 3.01. The molecule has 1 amide bonds. The lowest BCUT2D eigenvalue weighted by Gasteiger charge is -2.16. The quantitative estimate of drug-likeness (QED) is 0.689. The van der Waals surface area contributed by atoms with Gasteiger partial charge in [-0.3, -0.25) is 4.79 Å². The molecule has 0 saturated heterocycles. The van der Waals surface area contributed by atoms with Gasteiger partial charge < -0.3 is 14.1 Å². The average molecular weight is 275 g/mol. The number of amides is 1. The van der Waals surface area contributed by atoms with Gasteiger partial charge in [-0.15, -0.1) is 0 Å². The minimum Gasteiger partial charge on any atom is -0.489 e. The summed E-state index contributed by atoms with van der Waals surface area (Å²) in [4.78, 5) is 20.8. The molecule has 0 aliphatic carbocycles. The van der Waals surface area contributed by atoms with E-state index < -0.39 is 0 Å². The lowest BCUT2D eigenvalue weighted by Crippen LogP contribution is -2.27. The fourth-order valence-corrected chi connectivity index (χ4v) is 1.71. The van der Waals surface area contributed by atoms with Gasteiger partial charge in [0.15, 0.2) is 17.3 Å². The van der Waals surface area contributed by atoms with Gasteiger partial charge in [0.05, 0.1) is 25.2 Å². The van der Waals surface area contributed by atoms with E-state index in [1.165, 1.54) is 0 Å². The standard InChI is InChI=1S/C14H17N3O3/c1-2-5-17(11-18)6-8-19-12-9-15-14(16-10-12)13-4-3-7-20-13/h3-4,7,9-11H,2,5-6,8H2,1H3. The molecule has 2 heterocycles. The molecule has 0 aliphatic rings. The molecule has 0 aromatic carbocycles. The Hall–Kier alpha value is -2.37. The topological polar surface area (TPSA) is 68.5 Å². The zero-order valence-corrected chi connectivity index (χ0v) is 11.4. The van der Waals surface area contributed by atoms with Gasteiger partial charge >= 0.3 is 0 Å². The van der Waals surface area contributed by atoms with Crippen molar-refractivity contribution in [3.63, 3.8) is 0 Å². The van der Waals surface area contributed by atoms with E-state index in [0.29, 0.717) is 30.5 Å². The molecule has 0 unspecified atom stereocenters. The fraction of sp³-hybridized carbons (Fsp3) is 0.357. The Morgan fingerprint density at radius 1 is 1.35 bits per heavy atom. The van der Waals surface area contributed by atoms with Crippen LogP contribution in [0.2, 0.25) is 0 Å². The van der Waals surface area contributed by atoms with Crippen LogP contribution in [-0.4, -0.2) is 41.0 Å². The Kier molecular flexibility index (Phi) is 5.11. The van der Waals surface area contributed by atoms with Crippen LogP contribution in [0.5, 0.6) is 5.75 Å². The number of hydrogen-bond acceptors (Lipinski definition) is 5. The zero-order chi connectivity index (χ0) is 14.2. The second kappa shape index (κ2) is 7.28. The number of ether oxygens (including phenoxy) is 1. The van der Waals surface area contributed by atoms with Gasteiger partial charge in [0.1, 0.15) is 6.61 Å². The summed E-state index contributed by atoms with van der Waals surface area (Å²) in [5, 5.41) is 0. The van der Waals surface area contributed by atoms with Crippen LogP contribution in [0.3, 0.4) is 0 Å². The van der Waals surface area contributed by atoms with Gasteiger partial charge in [0.2, 0.25) is 6.41 Å². The Balaban J connectivity index is 1.83. The summed E-state index contributed by atoms with van der Waals surface area (Å²) in [5.41, 5.74) is 0. The number of nitrogens with zero attached hydrogens (tertiary/aromatic N) is 3. The summed E-state index contributed by atoms with van der Waals surface area (Å²) < 4.78 is 10.7. The molecule has 6 nitrogen and oxygen atoms in total. The van der Waals surface area contributed by atoms with Crippen LogP contribution in [0, 0.1) is 0 Å². The molecule has 20 heavy (non-hydrogen) atoms. The van der Waals surface area contributed by atoms with Crippen molar-refractivity contribution < 1.29 is 13.9 Å². The molecular formula is C14H17N3O3. The van der Waals surface area contributed by atoms with Crippen LogP contribution in [0.4, 0.5) is 0 Å². The van der Waals surface area contributed by atoms with E-state index in [1.54, 1.807) is 35.7 Å². The minimum atomic E-state index is 0.419. The van der Waals surface area contributed by atoms with Crippen molar-refractivity contribution in [2.24, 2.45) is 0 Å². The molecule has 2 rings (SSSR count). The molecule has 6 heteroatoms. The normalized spacial score (nSPS) is 10.2. The van der Waals surface area contributed by atoms with Crippen molar-refractivity contribution in [1.29, 1.82) is 0 Å². The van der Waals surface area contributed by atoms with Crippen molar-refractivity contribution in [3.8, 4) is 17.3 Å². The first-order valence-electron chi connectivity index (χ1n) is 6.51. The second-order valence-corrected chi connectivity index (χ2v) is 4.21. The van der Waals surface area contributed by atoms with Gasteiger partial charge in [0, 0.05) is 6.54 Å². The van der Waals surface area contributed by atoms with E-state index in [4.69, 9.17) is 9.15 Å². The molecule has 2 aromatic heterocycles. The summed E-state index contributed by atoms with van der Waals surface area (Å²) >= 11 is 0. The molecule has 0 aliphatic heterocycles. The summed E-state index contributed by atoms with van der Waals surface area (Å²) in [5.74, 6) is 1.71. The minimum absolute atomic E-state index is 0.419. The predicted octanol–water partition coefficient (Wildman–Crippen LogP) is 1.98. The van der Waals surface area contributed by atoms with Crippen molar-refractivity contribution in [1.82, 2.24) is 14.9 Å². The van der Waals surface area contributed by atoms with Crippen molar-refractivity contribution in [2.75, 3.05) is 19.7 Å². The van der Waals surface area contributed by atoms with Crippen LogP contribution in [0.1, 0.15) is 13.3 Å². The molecule has 0 spiro atoms. The van der Waals surface area contributed by atoms with Crippen molar-refractivity contribution in [3.05, 3.63) is 30.8 Å². The van der Waals surface area contributed by atoms with Gasteiger partial charge in [-0.05, 0) is 18.6 Å².